The molecule has 0 saturated carbocycles. The fourth-order valence-electron chi connectivity index (χ4n) is 2.51. The number of rotatable bonds is 5. The van der Waals surface area contributed by atoms with Crippen LogP contribution in [0.4, 0.5) is 4.39 Å². The Bertz CT molecular complexity index is 822. The highest BCUT2D eigenvalue weighted by Gasteiger charge is 2.15. The summed E-state index contributed by atoms with van der Waals surface area (Å²) in [5, 5.41) is 0. The Morgan fingerprint density at radius 1 is 1.24 bits per heavy atom. The van der Waals surface area contributed by atoms with E-state index < -0.39 is 0 Å². The summed E-state index contributed by atoms with van der Waals surface area (Å²) in [4.78, 5) is 14.1. The molecule has 2 aromatic carbocycles. The van der Waals surface area contributed by atoms with Gasteiger partial charge in [0.2, 0.25) is 12.7 Å². The van der Waals surface area contributed by atoms with Gasteiger partial charge < -0.3 is 14.4 Å². The lowest BCUT2D eigenvalue weighted by Gasteiger charge is -2.19. The molecule has 1 aliphatic rings. The number of hydrogen-bond donors (Lipinski definition) is 0. The SMILES string of the molecule is CCN(Cc1ccc2c(c1)OCO2)C(=O)/C=C/c1cc(Br)ccc1F. The molecule has 0 bridgehead atoms. The summed E-state index contributed by atoms with van der Waals surface area (Å²) in [5.74, 6) is 0.849. The largest absolute Gasteiger partial charge is 0.454 e. The Kier molecular flexibility index (Phi) is 5.38. The summed E-state index contributed by atoms with van der Waals surface area (Å²) in [5.41, 5.74) is 1.31. The van der Waals surface area contributed by atoms with Gasteiger partial charge in [0.05, 0.1) is 0 Å². The summed E-state index contributed by atoms with van der Waals surface area (Å²) in [7, 11) is 0. The molecule has 130 valence electrons. The van der Waals surface area contributed by atoms with E-state index in [1.165, 1.54) is 18.2 Å². The molecule has 0 spiro atoms. The minimum absolute atomic E-state index is 0.181. The van der Waals surface area contributed by atoms with Gasteiger partial charge in [0, 0.05) is 29.2 Å². The van der Waals surface area contributed by atoms with Crippen LogP contribution in [-0.4, -0.2) is 24.1 Å². The smallest absolute Gasteiger partial charge is 0.246 e. The molecule has 1 aliphatic heterocycles. The fraction of sp³-hybridized carbons (Fsp3) is 0.211. The van der Waals surface area contributed by atoms with Crippen LogP contribution in [0.5, 0.6) is 11.5 Å². The number of hydrogen-bond acceptors (Lipinski definition) is 3. The number of carbonyl (C=O) groups is 1. The molecule has 0 radical (unpaired) electrons. The molecule has 2 aromatic rings. The Morgan fingerprint density at radius 3 is 2.84 bits per heavy atom. The van der Waals surface area contributed by atoms with Gasteiger partial charge in [-0.15, -0.1) is 0 Å². The molecule has 0 unspecified atom stereocenters. The van der Waals surface area contributed by atoms with Gasteiger partial charge in [-0.1, -0.05) is 22.0 Å². The van der Waals surface area contributed by atoms with E-state index in [4.69, 9.17) is 9.47 Å². The van der Waals surface area contributed by atoms with Crippen molar-refractivity contribution < 1.29 is 18.7 Å². The van der Waals surface area contributed by atoms with Crippen molar-refractivity contribution in [3.05, 3.63) is 63.9 Å². The van der Waals surface area contributed by atoms with Gasteiger partial charge in [0.15, 0.2) is 11.5 Å². The number of benzene rings is 2. The van der Waals surface area contributed by atoms with Gasteiger partial charge in [-0.2, -0.15) is 0 Å². The molecule has 25 heavy (non-hydrogen) atoms. The quantitative estimate of drug-likeness (QED) is 0.692. The molecule has 4 nitrogen and oxygen atoms in total. The average molecular weight is 406 g/mol. The number of ether oxygens (including phenoxy) is 2. The van der Waals surface area contributed by atoms with Gasteiger partial charge >= 0.3 is 0 Å². The minimum Gasteiger partial charge on any atom is -0.454 e. The van der Waals surface area contributed by atoms with Gasteiger partial charge in [0.25, 0.3) is 0 Å². The van der Waals surface area contributed by atoms with Crippen LogP contribution in [0.3, 0.4) is 0 Å². The zero-order valence-electron chi connectivity index (χ0n) is 13.7. The number of likely N-dealkylation sites (N-methyl/N-ethyl adjacent to an activating group) is 1. The number of carbonyl (C=O) groups excluding carboxylic acids is 1. The Balaban J connectivity index is 1.71. The van der Waals surface area contributed by atoms with E-state index in [2.05, 4.69) is 15.9 Å². The van der Waals surface area contributed by atoms with Crippen molar-refractivity contribution in [3.8, 4) is 11.5 Å². The number of fused-ring (bicyclic) bond motifs is 1. The van der Waals surface area contributed by atoms with Gasteiger partial charge in [-0.3, -0.25) is 4.79 Å². The summed E-state index contributed by atoms with van der Waals surface area (Å²) in [6, 6.07) is 10.2. The zero-order chi connectivity index (χ0) is 17.8. The molecule has 6 heteroatoms. The minimum atomic E-state index is -0.369. The van der Waals surface area contributed by atoms with E-state index in [1.54, 1.807) is 17.0 Å². The van der Waals surface area contributed by atoms with Crippen molar-refractivity contribution in [2.75, 3.05) is 13.3 Å². The van der Waals surface area contributed by atoms with Crippen molar-refractivity contribution in [2.45, 2.75) is 13.5 Å². The highest BCUT2D eigenvalue weighted by Crippen LogP contribution is 2.32. The van der Waals surface area contributed by atoms with Crippen molar-refractivity contribution >= 4 is 27.9 Å². The molecule has 1 heterocycles. The lowest BCUT2D eigenvalue weighted by atomic mass is 10.1. The third-order valence-electron chi connectivity index (χ3n) is 3.87. The van der Waals surface area contributed by atoms with E-state index in [1.807, 2.05) is 25.1 Å². The van der Waals surface area contributed by atoms with Gasteiger partial charge in [0.1, 0.15) is 5.82 Å². The molecule has 0 atom stereocenters. The van der Waals surface area contributed by atoms with Crippen molar-refractivity contribution in [1.29, 1.82) is 0 Å². The molecule has 3 rings (SSSR count). The number of amides is 1. The van der Waals surface area contributed by atoms with Crippen LogP contribution >= 0.6 is 15.9 Å². The van der Waals surface area contributed by atoms with Crippen LogP contribution in [0.15, 0.2) is 46.9 Å². The second kappa shape index (κ2) is 7.70. The first-order chi connectivity index (χ1) is 12.1. The van der Waals surface area contributed by atoms with Crippen LogP contribution in [-0.2, 0) is 11.3 Å². The molecule has 0 N–H and O–H groups in total. The van der Waals surface area contributed by atoms with Crippen molar-refractivity contribution in [2.24, 2.45) is 0 Å². The lowest BCUT2D eigenvalue weighted by Crippen LogP contribution is -2.28. The monoisotopic (exact) mass is 405 g/mol. The number of nitrogens with zero attached hydrogens (tertiary/aromatic N) is 1. The van der Waals surface area contributed by atoms with E-state index in [0.717, 1.165) is 10.0 Å². The van der Waals surface area contributed by atoms with Gasteiger partial charge in [-0.05, 0) is 48.9 Å². The summed E-state index contributed by atoms with van der Waals surface area (Å²) in [6.07, 6.45) is 2.88. The molecule has 0 aliphatic carbocycles. The second-order valence-corrected chi connectivity index (χ2v) is 6.45. The average Bonchev–Trinajstić information content (AvgIpc) is 3.07. The summed E-state index contributed by atoms with van der Waals surface area (Å²) >= 11 is 3.30. The highest BCUT2D eigenvalue weighted by molar-refractivity contribution is 9.10. The van der Waals surface area contributed by atoms with Crippen LogP contribution in [0.25, 0.3) is 6.08 Å². The van der Waals surface area contributed by atoms with Crippen molar-refractivity contribution in [3.63, 3.8) is 0 Å². The maximum Gasteiger partial charge on any atom is 0.246 e. The van der Waals surface area contributed by atoms with E-state index in [9.17, 15) is 9.18 Å². The highest BCUT2D eigenvalue weighted by atomic mass is 79.9. The van der Waals surface area contributed by atoms with Crippen molar-refractivity contribution in [1.82, 2.24) is 4.90 Å². The Hall–Kier alpha value is -2.34. The van der Waals surface area contributed by atoms with E-state index in [0.29, 0.717) is 30.2 Å². The summed E-state index contributed by atoms with van der Waals surface area (Å²) < 4.78 is 25.2. The molecule has 0 aromatic heterocycles. The van der Waals surface area contributed by atoms with E-state index in [-0.39, 0.29) is 18.5 Å². The Labute approximate surface area is 154 Å². The predicted octanol–water partition coefficient (Wildman–Crippen LogP) is 4.38. The molecule has 0 saturated heterocycles. The first-order valence-electron chi connectivity index (χ1n) is 7.87. The third kappa shape index (κ3) is 4.20. The third-order valence-corrected chi connectivity index (χ3v) is 4.36. The zero-order valence-corrected chi connectivity index (χ0v) is 15.3. The normalized spacial score (nSPS) is 12.6. The Morgan fingerprint density at radius 2 is 2.04 bits per heavy atom. The summed E-state index contributed by atoms with van der Waals surface area (Å²) in [6.45, 7) is 3.10. The van der Waals surface area contributed by atoms with Crippen LogP contribution < -0.4 is 9.47 Å². The first kappa shape index (κ1) is 17.5. The van der Waals surface area contributed by atoms with E-state index >= 15 is 0 Å². The van der Waals surface area contributed by atoms with Crippen LogP contribution in [0, 0.1) is 5.82 Å². The van der Waals surface area contributed by atoms with Crippen LogP contribution in [0.2, 0.25) is 0 Å². The molecular formula is C19H17BrFNO3. The van der Waals surface area contributed by atoms with Crippen LogP contribution in [0.1, 0.15) is 18.1 Å². The molecular weight excluding hydrogens is 389 g/mol. The molecule has 0 fully saturated rings. The second-order valence-electron chi connectivity index (χ2n) is 5.54. The maximum absolute atomic E-state index is 13.8. The maximum atomic E-state index is 13.8. The van der Waals surface area contributed by atoms with Gasteiger partial charge in [-0.25, -0.2) is 4.39 Å². The molecule has 1 amide bonds. The standard InChI is InChI=1S/C19H17BrFNO3/c1-2-22(11-13-3-7-17-18(9-13)25-12-24-17)19(23)8-4-14-10-15(20)5-6-16(14)21/h3-10H,2,11-12H2,1H3/b8-4+. The number of halogens is 2. The fourth-order valence-corrected chi connectivity index (χ4v) is 2.89. The predicted molar refractivity (Wildman–Crippen MR) is 96.8 cm³/mol. The topological polar surface area (TPSA) is 38.8 Å². The first-order valence-corrected chi connectivity index (χ1v) is 8.66. The lowest BCUT2D eigenvalue weighted by molar-refractivity contribution is -0.126.